The second kappa shape index (κ2) is 9.55. The third-order valence-corrected chi connectivity index (χ3v) is 5.54. The molecule has 3 rings (SSSR count). The second-order valence-corrected chi connectivity index (χ2v) is 8.17. The molecule has 1 heterocycles. The average Bonchev–Trinajstić information content (AvgIpc) is 3.15. The van der Waals surface area contributed by atoms with Gasteiger partial charge in [-0.1, -0.05) is 79.3 Å². The van der Waals surface area contributed by atoms with Gasteiger partial charge in [0.2, 0.25) is 11.8 Å². The first-order valence-corrected chi connectivity index (χ1v) is 10.3. The van der Waals surface area contributed by atoms with Gasteiger partial charge in [0, 0.05) is 6.42 Å². The quantitative estimate of drug-likeness (QED) is 0.556. The smallest absolute Gasteiger partial charge is 0.277 e. The summed E-state index contributed by atoms with van der Waals surface area (Å²) in [6.07, 6.45) is 0.670. The van der Waals surface area contributed by atoms with Crippen molar-refractivity contribution in [3.8, 4) is 0 Å². The number of nitrogens with one attached hydrogen (secondary N) is 1. The molecule has 146 valence electrons. The molecule has 3 atom stereocenters. The lowest BCUT2D eigenvalue weighted by atomic mass is 9.98. The SMILES string of the molecule is CC(Sc1nnc(CC(C)c2ccccc2)o1)C(=O)NC(C)c1ccccc1. The van der Waals surface area contributed by atoms with Crippen molar-refractivity contribution in [3.63, 3.8) is 0 Å². The van der Waals surface area contributed by atoms with E-state index in [4.69, 9.17) is 4.42 Å². The molecular weight excluding hydrogens is 370 g/mol. The van der Waals surface area contributed by atoms with Crippen LogP contribution in [-0.4, -0.2) is 21.4 Å². The Morgan fingerprint density at radius 2 is 1.57 bits per heavy atom. The Morgan fingerprint density at radius 1 is 0.964 bits per heavy atom. The summed E-state index contributed by atoms with van der Waals surface area (Å²) in [6.45, 7) is 5.95. The van der Waals surface area contributed by atoms with E-state index < -0.39 is 0 Å². The third-order valence-electron chi connectivity index (χ3n) is 4.60. The maximum atomic E-state index is 12.5. The normalized spacial score (nSPS) is 14.2. The maximum Gasteiger partial charge on any atom is 0.277 e. The molecule has 6 heteroatoms. The number of hydrogen-bond acceptors (Lipinski definition) is 5. The van der Waals surface area contributed by atoms with Crippen molar-refractivity contribution < 1.29 is 9.21 Å². The monoisotopic (exact) mass is 395 g/mol. The minimum Gasteiger partial charge on any atom is -0.416 e. The van der Waals surface area contributed by atoms with E-state index >= 15 is 0 Å². The van der Waals surface area contributed by atoms with Crippen molar-refractivity contribution in [2.75, 3.05) is 0 Å². The van der Waals surface area contributed by atoms with Crippen LogP contribution in [0.5, 0.6) is 0 Å². The number of nitrogens with zero attached hydrogens (tertiary/aromatic N) is 2. The second-order valence-electron chi connectivity index (χ2n) is 6.88. The van der Waals surface area contributed by atoms with Gasteiger partial charge < -0.3 is 9.73 Å². The Bertz CT molecular complexity index is 883. The molecule has 0 radical (unpaired) electrons. The molecule has 5 nitrogen and oxygen atoms in total. The lowest BCUT2D eigenvalue weighted by molar-refractivity contribution is -0.120. The summed E-state index contributed by atoms with van der Waals surface area (Å²) < 4.78 is 5.75. The number of thioether (sulfide) groups is 1. The maximum absolute atomic E-state index is 12.5. The number of benzene rings is 2. The first-order valence-electron chi connectivity index (χ1n) is 9.42. The standard InChI is InChI=1S/C22H25N3O2S/c1-15(18-10-6-4-7-11-18)14-20-24-25-22(27-20)28-17(3)21(26)23-16(2)19-12-8-5-9-13-19/h4-13,15-17H,14H2,1-3H3,(H,23,26). The molecule has 0 aliphatic rings. The van der Waals surface area contributed by atoms with Crippen LogP contribution < -0.4 is 5.32 Å². The average molecular weight is 396 g/mol. The molecule has 3 unspecified atom stereocenters. The fraction of sp³-hybridized carbons (Fsp3) is 0.318. The molecule has 2 aromatic carbocycles. The predicted molar refractivity (Wildman–Crippen MR) is 111 cm³/mol. The van der Waals surface area contributed by atoms with Gasteiger partial charge in [-0.25, -0.2) is 0 Å². The minimum atomic E-state index is -0.328. The van der Waals surface area contributed by atoms with E-state index in [1.54, 1.807) is 0 Å². The number of amides is 1. The molecule has 1 N–H and O–H groups in total. The van der Waals surface area contributed by atoms with E-state index in [1.165, 1.54) is 17.3 Å². The molecule has 0 saturated heterocycles. The van der Waals surface area contributed by atoms with Crippen LogP contribution in [0.15, 0.2) is 70.3 Å². The molecule has 1 aromatic heterocycles. The van der Waals surface area contributed by atoms with Gasteiger partial charge in [0.05, 0.1) is 11.3 Å². The zero-order chi connectivity index (χ0) is 19.9. The van der Waals surface area contributed by atoms with Crippen LogP contribution in [-0.2, 0) is 11.2 Å². The van der Waals surface area contributed by atoms with E-state index in [0.29, 0.717) is 17.5 Å². The van der Waals surface area contributed by atoms with E-state index in [9.17, 15) is 4.79 Å². The van der Waals surface area contributed by atoms with Crippen molar-refractivity contribution >= 4 is 17.7 Å². The highest BCUT2D eigenvalue weighted by Gasteiger charge is 2.21. The first-order chi connectivity index (χ1) is 13.5. The molecule has 0 bridgehead atoms. The number of carbonyl (C=O) groups is 1. The van der Waals surface area contributed by atoms with Crippen molar-refractivity contribution in [3.05, 3.63) is 77.7 Å². The van der Waals surface area contributed by atoms with E-state index in [1.807, 2.05) is 62.4 Å². The van der Waals surface area contributed by atoms with E-state index in [2.05, 4.69) is 34.6 Å². The highest BCUT2D eigenvalue weighted by Crippen LogP contribution is 2.25. The zero-order valence-electron chi connectivity index (χ0n) is 16.3. The van der Waals surface area contributed by atoms with Gasteiger partial charge in [-0.2, -0.15) is 0 Å². The Morgan fingerprint density at radius 3 is 2.21 bits per heavy atom. The summed E-state index contributed by atoms with van der Waals surface area (Å²) in [5.74, 6) is 0.815. The lowest BCUT2D eigenvalue weighted by Gasteiger charge is -2.16. The van der Waals surface area contributed by atoms with Crippen LogP contribution in [0.1, 0.15) is 49.7 Å². The molecule has 0 spiro atoms. The van der Waals surface area contributed by atoms with Crippen LogP contribution in [0.3, 0.4) is 0 Å². The topological polar surface area (TPSA) is 68.0 Å². The molecule has 0 fully saturated rings. The number of rotatable bonds is 8. The summed E-state index contributed by atoms with van der Waals surface area (Å²) in [7, 11) is 0. The minimum absolute atomic E-state index is 0.0540. The van der Waals surface area contributed by atoms with Gasteiger partial charge in [0.15, 0.2) is 0 Å². The number of carbonyl (C=O) groups excluding carboxylic acids is 1. The lowest BCUT2D eigenvalue weighted by Crippen LogP contribution is -2.33. The van der Waals surface area contributed by atoms with Gasteiger partial charge in [-0.05, 0) is 30.9 Å². The van der Waals surface area contributed by atoms with Gasteiger partial charge in [0.25, 0.3) is 5.22 Å². The van der Waals surface area contributed by atoms with Gasteiger partial charge in [0.1, 0.15) is 0 Å². The summed E-state index contributed by atoms with van der Waals surface area (Å²) in [5, 5.41) is 11.3. The van der Waals surface area contributed by atoms with Crippen molar-refractivity contribution in [2.24, 2.45) is 0 Å². The third kappa shape index (κ3) is 5.45. The highest BCUT2D eigenvalue weighted by molar-refractivity contribution is 8.00. The van der Waals surface area contributed by atoms with Crippen molar-refractivity contribution in [1.29, 1.82) is 0 Å². The fourth-order valence-corrected chi connectivity index (χ4v) is 3.60. The molecule has 0 saturated carbocycles. The Hall–Kier alpha value is -2.60. The highest BCUT2D eigenvalue weighted by atomic mass is 32.2. The van der Waals surface area contributed by atoms with Crippen LogP contribution in [0, 0.1) is 0 Å². The van der Waals surface area contributed by atoms with E-state index in [-0.39, 0.29) is 23.1 Å². The van der Waals surface area contributed by atoms with E-state index in [0.717, 1.165) is 5.56 Å². The molecular formula is C22H25N3O2S. The molecule has 1 amide bonds. The Balaban J connectivity index is 1.53. The van der Waals surface area contributed by atoms with Gasteiger partial charge in [-0.15, -0.1) is 10.2 Å². The summed E-state index contributed by atoms with van der Waals surface area (Å²) >= 11 is 1.28. The number of hydrogen-bond donors (Lipinski definition) is 1. The van der Waals surface area contributed by atoms with Crippen molar-refractivity contribution in [1.82, 2.24) is 15.5 Å². The summed E-state index contributed by atoms with van der Waals surface area (Å²) in [4.78, 5) is 12.5. The summed E-state index contributed by atoms with van der Waals surface area (Å²) in [5.41, 5.74) is 2.31. The first kappa shape index (κ1) is 20.1. The molecule has 28 heavy (non-hydrogen) atoms. The van der Waals surface area contributed by atoms with Gasteiger partial charge >= 0.3 is 0 Å². The number of aromatic nitrogens is 2. The van der Waals surface area contributed by atoms with Crippen molar-refractivity contribution in [2.45, 2.75) is 49.6 Å². The zero-order valence-corrected chi connectivity index (χ0v) is 17.1. The van der Waals surface area contributed by atoms with Gasteiger partial charge in [-0.3, -0.25) is 4.79 Å². The Kier molecular flexibility index (Phi) is 6.87. The molecule has 0 aliphatic heterocycles. The fourth-order valence-electron chi connectivity index (χ4n) is 2.89. The molecule has 3 aromatic rings. The van der Waals surface area contributed by atoms with Crippen LogP contribution in [0.2, 0.25) is 0 Å². The Labute approximate surface area is 170 Å². The largest absolute Gasteiger partial charge is 0.416 e. The van der Waals surface area contributed by atoms with Crippen LogP contribution in [0.4, 0.5) is 0 Å². The van der Waals surface area contributed by atoms with Crippen LogP contribution in [0.25, 0.3) is 0 Å². The molecule has 0 aliphatic carbocycles. The predicted octanol–water partition coefficient (Wildman–Crippen LogP) is 4.77. The summed E-state index contributed by atoms with van der Waals surface area (Å²) in [6, 6.07) is 20.1. The van der Waals surface area contributed by atoms with Crippen LogP contribution >= 0.6 is 11.8 Å².